The minimum absolute atomic E-state index is 0.0966. The van der Waals surface area contributed by atoms with Crippen LogP contribution in [0.1, 0.15) is 15.9 Å². The Kier molecular flexibility index (Phi) is 8.10. The topological polar surface area (TPSA) is 50.4 Å². The van der Waals surface area contributed by atoms with Gasteiger partial charge in [0.05, 0.1) is 27.9 Å². The molecule has 0 heterocycles. The lowest BCUT2D eigenvalue weighted by Crippen LogP contribution is -2.34. The van der Waals surface area contributed by atoms with Gasteiger partial charge in [0, 0.05) is 10.9 Å². The Morgan fingerprint density at radius 1 is 1.03 bits per heavy atom. The fraction of sp³-hybridized carbons (Fsp3) is 0.0909. The quantitative estimate of drug-likeness (QED) is 0.362. The zero-order valence-corrected chi connectivity index (χ0v) is 19.5. The van der Waals surface area contributed by atoms with Crippen LogP contribution in [0.25, 0.3) is 0 Å². The number of hydrogen-bond acceptors (Lipinski definition) is 3. The Labute approximate surface area is 198 Å². The summed E-state index contributed by atoms with van der Waals surface area (Å²) in [6.45, 7) is 0.437. The van der Waals surface area contributed by atoms with Gasteiger partial charge in [-0.1, -0.05) is 75.5 Å². The van der Waals surface area contributed by atoms with E-state index in [1.807, 2.05) is 36.4 Å². The maximum Gasteiger partial charge on any atom is 0.261 e. The highest BCUT2D eigenvalue weighted by molar-refractivity contribution is 9.10. The number of ether oxygens (including phenoxy) is 1. The number of halogens is 3. The average Bonchev–Trinajstić information content (AvgIpc) is 2.73. The van der Waals surface area contributed by atoms with Crippen LogP contribution in [0.4, 0.5) is 5.69 Å². The summed E-state index contributed by atoms with van der Waals surface area (Å²) in [5, 5.41) is 6.33. The van der Waals surface area contributed by atoms with Gasteiger partial charge in [-0.25, -0.2) is 0 Å². The number of carbonyl (C=O) groups excluding carboxylic acids is 1. The third-order valence-electron chi connectivity index (χ3n) is 4.10. The van der Waals surface area contributed by atoms with Crippen LogP contribution in [-0.4, -0.2) is 17.6 Å². The van der Waals surface area contributed by atoms with Gasteiger partial charge in [0.2, 0.25) is 0 Å². The van der Waals surface area contributed by atoms with Crippen LogP contribution >= 0.6 is 51.3 Å². The SMILES string of the molecule is O=C(NC(=S)Nc1cccc(Cl)c1Cl)c1cc(Br)ccc1OCCc1ccccc1. The normalized spacial score (nSPS) is 10.4. The molecular formula is C22H17BrCl2N2O2S. The van der Waals surface area contributed by atoms with Crippen molar-refractivity contribution in [2.45, 2.75) is 6.42 Å². The predicted molar refractivity (Wildman–Crippen MR) is 130 cm³/mol. The maximum absolute atomic E-state index is 12.8. The van der Waals surface area contributed by atoms with Gasteiger partial charge in [-0.15, -0.1) is 0 Å². The lowest BCUT2D eigenvalue weighted by Gasteiger charge is -2.14. The van der Waals surface area contributed by atoms with Crippen molar-refractivity contribution in [3.63, 3.8) is 0 Å². The standard InChI is InChI=1S/C22H17BrCl2N2O2S/c23-15-9-10-19(29-12-11-14-5-2-1-3-6-14)16(13-15)21(28)27-22(30)26-18-8-4-7-17(24)20(18)25/h1-10,13H,11-12H2,(H2,26,27,28,30). The van der Waals surface area contributed by atoms with Gasteiger partial charge in [0.15, 0.2) is 5.11 Å². The van der Waals surface area contributed by atoms with Crippen LogP contribution in [0.2, 0.25) is 10.0 Å². The summed E-state index contributed by atoms with van der Waals surface area (Å²) in [7, 11) is 0. The third kappa shape index (κ3) is 6.19. The first-order valence-electron chi connectivity index (χ1n) is 8.96. The second-order valence-corrected chi connectivity index (χ2v) is 8.34. The van der Waals surface area contributed by atoms with Crippen molar-refractivity contribution in [2.75, 3.05) is 11.9 Å². The summed E-state index contributed by atoms with van der Waals surface area (Å²) in [6, 6.07) is 20.3. The van der Waals surface area contributed by atoms with E-state index < -0.39 is 5.91 Å². The predicted octanol–water partition coefficient (Wildman–Crippen LogP) is 6.50. The highest BCUT2D eigenvalue weighted by atomic mass is 79.9. The van der Waals surface area contributed by atoms with Crippen LogP contribution in [0, 0.1) is 0 Å². The highest BCUT2D eigenvalue weighted by Gasteiger charge is 2.16. The molecule has 0 unspecified atom stereocenters. The first kappa shape index (κ1) is 22.6. The van der Waals surface area contributed by atoms with Crippen molar-refractivity contribution in [3.8, 4) is 5.75 Å². The molecule has 3 aromatic carbocycles. The third-order valence-corrected chi connectivity index (χ3v) is 5.62. The molecule has 154 valence electrons. The largest absolute Gasteiger partial charge is 0.492 e. The van der Waals surface area contributed by atoms with E-state index in [-0.39, 0.29) is 5.11 Å². The van der Waals surface area contributed by atoms with Gasteiger partial charge in [-0.3, -0.25) is 10.1 Å². The number of rotatable bonds is 6. The Morgan fingerprint density at radius 2 is 1.80 bits per heavy atom. The fourth-order valence-electron chi connectivity index (χ4n) is 2.65. The Morgan fingerprint density at radius 3 is 2.57 bits per heavy atom. The van der Waals surface area contributed by atoms with Gasteiger partial charge in [0.25, 0.3) is 5.91 Å². The molecule has 0 saturated carbocycles. The molecule has 0 spiro atoms. The smallest absolute Gasteiger partial charge is 0.261 e. The van der Waals surface area contributed by atoms with Gasteiger partial charge < -0.3 is 10.1 Å². The molecule has 4 nitrogen and oxygen atoms in total. The molecule has 0 radical (unpaired) electrons. The molecule has 3 rings (SSSR count). The number of thiocarbonyl (C=S) groups is 1. The second kappa shape index (κ2) is 10.8. The number of amides is 1. The van der Waals surface area contributed by atoms with E-state index in [2.05, 4.69) is 26.6 Å². The summed E-state index contributed by atoms with van der Waals surface area (Å²) in [5.74, 6) is 0.0666. The fourth-order valence-corrected chi connectivity index (χ4v) is 3.56. The summed E-state index contributed by atoms with van der Waals surface area (Å²) >= 11 is 20.8. The molecule has 1 amide bonds. The van der Waals surface area contributed by atoms with Crippen LogP contribution in [-0.2, 0) is 6.42 Å². The molecule has 3 aromatic rings. The number of carbonyl (C=O) groups is 1. The van der Waals surface area contributed by atoms with E-state index >= 15 is 0 Å². The van der Waals surface area contributed by atoms with Crippen LogP contribution in [0.5, 0.6) is 5.75 Å². The lowest BCUT2D eigenvalue weighted by atomic mass is 10.1. The molecular weight excluding hydrogens is 507 g/mol. The number of hydrogen-bond donors (Lipinski definition) is 2. The molecule has 8 heteroatoms. The number of benzene rings is 3. The molecule has 0 aliphatic heterocycles. The summed E-state index contributed by atoms with van der Waals surface area (Å²) < 4.78 is 6.62. The number of nitrogens with one attached hydrogen (secondary N) is 2. The molecule has 30 heavy (non-hydrogen) atoms. The van der Waals surface area contributed by atoms with Crippen LogP contribution in [0.15, 0.2) is 71.2 Å². The van der Waals surface area contributed by atoms with Gasteiger partial charge >= 0.3 is 0 Å². The monoisotopic (exact) mass is 522 g/mol. The Bertz CT molecular complexity index is 1060. The van der Waals surface area contributed by atoms with Crippen molar-refractivity contribution in [1.82, 2.24) is 5.32 Å². The molecule has 0 saturated heterocycles. The van der Waals surface area contributed by atoms with Gasteiger partial charge in [-0.05, 0) is 48.1 Å². The Balaban J connectivity index is 1.66. The van der Waals surface area contributed by atoms with Crippen molar-refractivity contribution in [1.29, 1.82) is 0 Å². The van der Waals surface area contributed by atoms with Crippen molar-refractivity contribution in [3.05, 3.63) is 92.4 Å². The zero-order chi connectivity index (χ0) is 21.5. The molecule has 0 bridgehead atoms. The lowest BCUT2D eigenvalue weighted by molar-refractivity contribution is 0.0973. The van der Waals surface area contributed by atoms with E-state index in [4.69, 9.17) is 40.2 Å². The highest BCUT2D eigenvalue weighted by Crippen LogP contribution is 2.29. The zero-order valence-electron chi connectivity index (χ0n) is 15.6. The van der Waals surface area contributed by atoms with Crippen molar-refractivity contribution in [2.24, 2.45) is 0 Å². The molecule has 0 aliphatic carbocycles. The van der Waals surface area contributed by atoms with Gasteiger partial charge in [-0.2, -0.15) is 0 Å². The van der Waals surface area contributed by atoms with Crippen LogP contribution in [0.3, 0.4) is 0 Å². The summed E-state index contributed by atoms with van der Waals surface area (Å²) in [6.07, 6.45) is 0.727. The summed E-state index contributed by atoms with van der Waals surface area (Å²) in [4.78, 5) is 12.8. The maximum atomic E-state index is 12.8. The number of anilines is 1. The van der Waals surface area contributed by atoms with Crippen molar-refractivity contribution >= 4 is 68.1 Å². The van der Waals surface area contributed by atoms with Crippen molar-refractivity contribution < 1.29 is 9.53 Å². The Hall–Kier alpha value is -2.12. The molecule has 0 aromatic heterocycles. The molecule has 0 fully saturated rings. The van der Waals surface area contributed by atoms with Gasteiger partial charge in [0.1, 0.15) is 5.75 Å². The second-order valence-electron chi connectivity index (χ2n) is 6.23. The summed E-state index contributed by atoms with van der Waals surface area (Å²) in [5.41, 5.74) is 2.02. The molecule has 0 atom stereocenters. The first-order valence-corrected chi connectivity index (χ1v) is 10.9. The van der Waals surface area contributed by atoms with E-state index in [0.717, 1.165) is 16.5 Å². The minimum Gasteiger partial charge on any atom is -0.492 e. The van der Waals surface area contributed by atoms with Crippen LogP contribution < -0.4 is 15.4 Å². The first-order chi connectivity index (χ1) is 14.4. The minimum atomic E-state index is -0.401. The van der Waals surface area contributed by atoms with E-state index in [1.165, 1.54) is 0 Å². The molecule has 2 N–H and O–H groups in total. The van der Waals surface area contributed by atoms with E-state index in [9.17, 15) is 4.79 Å². The van der Waals surface area contributed by atoms with E-state index in [1.54, 1.807) is 30.3 Å². The average molecular weight is 524 g/mol. The molecule has 0 aliphatic rings. The van der Waals surface area contributed by atoms with E-state index in [0.29, 0.717) is 33.7 Å².